The van der Waals surface area contributed by atoms with Crippen molar-refractivity contribution in [2.75, 3.05) is 5.32 Å². The van der Waals surface area contributed by atoms with Gasteiger partial charge in [-0.15, -0.1) is 0 Å². The van der Waals surface area contributed by atoms with Crippen molar-refractivity contribution < 1.29 is 4.79 Å². The van der Waals surface area contributed by atoms with E-state index in [1.165, 1.54) is 0 Å². The van der Waals surface area contributed by atoms with Gasteiger partial charge in [-0.3, -0.25) is 10.1 Å². The second-order valence-electron chi connectivity index (χ2n) is 6.95. The number of carbonyl (C=O) groups is 1. The molecule has 2 atom stereocenters. The van der Waals surface area contributed by atoms with Gasteiger partial charge in [-0.05, 0) is 49.1 Å². The molecule has 0 radical (unpaired) electrons. The lowest BCUT2D eigenvalue weighted by molar-refractivity contribution is -0.118. The topological polar surface area (TPSA) is 41.1 Å². The number of rotatable bonds is 6. The zero-order valence-electron chi connectivity index (χ0n) is 16.1. The molecule has 0 unspecified atom stereocenters. The number of amides is 1. The summed E-state index contributed by atoms with van der Waals surface area (Å²) in [5.74, 6) is -0.0577. The Morgan fingerprint density at radius 2 is 1.41 bits per heavy atom. The van der Waals surface area contributed by atoms with E-state index in [2.05, 4.69) is 35.8 Å². The smallest absolute Gasteiger partial charge is 0.246 e. The molecule has 3 heteroatoms. The first-order chi connectivity index (χ1) is 13.0. The van der Waals surface area contributed by atoms with Gasteiger partial charge < -0.3 is 5.32 Å². The number of carbonyl (C=O) groups excluding carboxylic acids is 1. The molecule has 3 rings (SSSR count). The molecule has 0 fully saturated rings. The van der Waals surface area contributed by atoms with E-state index in [-0.39, 0.29) is 11.9 Å². The third-order valence-corrected chi connectivity index (χ3v) is 4.76. The first kappa shape index (κ1) is 18.9. The lowest BCUT2D eigenvalue weighted by Crippen LogP contribution is -2.34. The lowest BCUT2D eigenvalue weighted by atomic mass is 10.0. The molecule has 138 valence electrons. The van der Waals surface area contributed by atoms with Crippen molar-refractivity contribution in [2.24, 2.45) is 0 Å². The Kier molecular flexibility index (Phi) is 6.05. The minimum Gasteiger partial charge on any atom is -0.324 e. The summed E-state index contributed by atoms with van der Waals surface area (Å²) in [6, 6.07) is 25.7. The van der Waals surface area contributed by atoms with E-state index >= 15 is 0 Å². The van der Waals surface area contributed by atoms with E-state index in [9.17, 15) is 4.79 Å². The zero-order chi connectivity index (χ0) is 19.2. The van der Waals surface area contributed by atoms with Crippen LogP contribution in [0.1, 0.15) is 41.3 Å². The van der Waals surface area contributed by atoms with Crippen LogP contribution in [0.15, 0.2) is 78.9 Å². The van der Waals surface area contributed by atoms with Gasteiger partial charge in [0, 0.05) is 11.7 Å². The van der Waals surface area contributed by atoms with Crippen molar-refractivity contribution in [1.29, 1.82) is 0 Å². The summed E-state index contributed by atoms with van der Waals surface area (Å²) in [6.07, 6.45) is 0. The monoisotopic (exact) mass is 358 g/mol. The van der Waals surface area contributed by atoms with E-state index in [1.54, 1.807) is 0 Å². The summed E-state index contributed by atoms with van der Waals surface area (Å²) in [7, 11) is 0. The zero-order valence-corrected chi connectivity index (χ0v) is 16.1. The van der Waals surface area contributed by atoms with Crippen molar-refractivity contribution >= 4 is 11.6 Å². The third kappa shape index (κ3) is 4.83. The first-order valence-corrected chi connectivity index (χ1v) is 9.28. The Morgan fingerprint density at radius 1 is 0.815 bits per heavy atom. The van der Waals surface area contributed by atoms with Crippen LogP contribution in [0.25, 0.3) is 0 Å². The second kappa shape index (κ2) is 8.65. The summed E-state index contributed by atoms with van der Waals surface area (Å²) < 4.78 is 0. The van der Waals surface area contributed by atoms with Crippen LogP contribution in [0.4, 0.5) is 5.69 Å². The predicted molar refractivity (Wildman–Crippen MR) is 112 cm³/mol. The standard InChI is InChI=1S/C24H26N2O/c1-17-14-15-18(2)22(16-17)26-24(27)23(21-12-8-5-9-13-21)25-19(3)20-10-6-4-7-11-20/h4-16,19,23,25H,1-3H3,(H,26,27)/t19-,23+/m1/s1. The van der Waals surface area contributed by atoms with Crippen LogP contribution in [0, 0.1) is 13.8 Å². The van der Waals surface area contributed by atoms with Crippen LogP contribution in [-0.4, -0.2) is 5.91 Å². The highest BCUT2D eigenvalue weighted by molar-refractivity contribution is 5.96. The number of nitrogens with one attached hydrogen (secondary N) is 2. The molecule has 0 aromatic heterocycles. The molecule has 0 aliphatic heterocycles. The maximum atomic E-state index is 13.2. The molecule has 3 aromatic carbocycles. The highest BCUT2D eigenvalue weighted by Crippen LogP contribution is 2.23. The van der Waals surface area contributed by atoms with Crippen LogP contribution < -0.4 is 10.6 Å². The van der Waals surface area contributed by atoms with Gasteiger partial charge in [0.05, 0.1) is 0 Å². The van der Waals surface area contributed by atoms with E-state index in [0.29, 0.717) is 0 Å². The fraction of sp³-hybridized carbons (Fsp3) is 0.208. The van der Waals surface area contributed by atoms with Crippen LogP contribution >= 0.6 is 0 Å². The molecule has 0 heterocycles. The number of hydrogen-bond acceptors (Lipinski definition) is 2. The normalized spacial score (nSPS) is 13.0. The molecular formula is C24H26N2O. The molecule has 2 N–H and O–H groups in total. The highest BCUT2D eigenvalue weighted by atomic mass is 16.2. The molecule has 0 spiro atoms. The summed E-state index contributed by atoms with van der Waals surface area (Å²) in [5.41, 5.74) is 5.13. The van der Waals surface area contributed by atoms with E-state index in [1.807, 2.05) is 74.5 Å². The number of anilines is 1. The summed E-state index contributed by atoms with van der Waals surface area (Å²) >= 11 is 0. The van der Waals surface area contributed by atoms with Crippen molar-refractivity contribution in [3.8, 4) is 0 Å². The molecule has 3 aromatic rings. The maximum absolute atomic E-state index is 13.2. The Morgan fingerprint density at radius 3 is 2.04 bits per heavy atom. The molecule has 0 saturated heterocycles. The van der Waals surface area contributed by atoms with Gasteiger partial charge in [0.15, 0.2) is 0 Å². The van der Waals surface area contributed by atoms with Gasteiger partial charge in [-0.25, -0.2) is 0 Å². The van der Waals surface area contributed by atoms with Gasteiger partial charge in [0.2, 0.25) is 5.91 Å². The SMILES string of the molecule is Cc1ccc(C)c(NC(=O)[C@@H](N[C@H](C)c2ccccc2)c2ccccc2)c1. The highest BCUT2D eigenvalue weighted by Gasteiger charge is 2.23. The van der Waals surface area contributed by atoms with Gasteiger partial charge in [-0.2, -0.15) is 0 Å². The van der Waals surface area contributed by atoms with Crippen LogP contribution in [-0.2, 0) is 4.79 Å². The Labute approximate surface area is 161 Å². The molecule has 0 aliphatic rings. The van der Waals surface area contributed by atoms with Gasteiger partial charge >= 0.3 is 0 Å². The molecule has 0 aliphatic carbocycles. The van der Waals surface area contributed by atoms with E-state index in [4.69, 9.17) is 0 Å². The Hall–Kier alpha value is -2.91. The van der Waals surface area contributed by atoms with Crippen LogP contribution in [0.2, 0.25) is 0 Å². The van der Waals surface area contributed by atoms with E-state index in [0.717, 1.165) is 27.9 Å². The van der Waals surface area contributed by atoms with Crippen molar-refractivity contribution in [1.82, 2.24) is 5.32 Å². The van der Waals surface area contributed by atoms with E-state index < -0.39 is 6.04 Å². The largest absolute Gasteiger partial charge is 0.324 e. The molecule has 1 amide bonds. The van der Waals surface area contributed by atoms with Crippen molar-refractivity contribution in [2.45, 2.75) is 32.9 Å². The molecular weight excluding hydrogens is 332 g/mol. The predicted octanol–water partition coefficient (Wildman–Crippen LogP) is 5.33. The Balaban J connectivity index is 1.85. The number of hydrogen-bond donors (Lipinski definition) is 2. The lowest BCUT2D eigenvalue weighted by Gasteiger charge is -2.24. The van der Waals surface area contributed by atoms with Crippen LogP contribution in [0.3, 0.4) is 0 Å². The summed E-state index contributed by atoms with van der Waals surface area (Å²) in [6.45, 7) is 6.11. The number of aryl methyl sites for hydroxylation is 2. The minimum absolute atomic E-state index is 0.0424. The van der Waals surface area contributed by atoms with Gasteiger partial charge in [0.1, 0.15) is 6.04 Å². The van der Waals surface area contributed by atoms with Crippen molar-refractivity contribution in [3.05, 3.63) is 101 Å². The first-order valence-electron chi connectivity index (χ1n) is 9.28. The average molecular weight is 358 g/mol. The Bertz CT molecular complexity index is 891. The fourth-order valence-electron chi connectivity index (χ4n) is 3.13. The molecule has 0 saturated carbocycles. The molecule has 3 nitrogen and oxygen atoms in total. The minimum atomic E-state index is -0.443. The number of benzene rings is 3. The third-order valence-electron chi connectivity index (χ3n) is 4.76. The van der Waals surface area contributed by atoms with Gasteiger partial charge in [0.25, 0.3) is 0 Å². The summed E-state index contributed by atoms with van der Waals surface area (Å²) in [5, 5.41) is 6.60. The van der Waals surface area contributed by atoms with Crippen molar-refractivity contribution in [3.63, 3.8) is 0 Å². The summed E-state index contributed by atoms with van der Waals surface area (Å²) in [4.78, 5) is 13.2. The fourth-order valence-corrected chi connectivity index (χ4v) is 3.13. The average Bonchev–Trinajstić information content (AvgIpc) is 2.70. The van der Waals surface area contributed by atoms with Gasteiger partial charge in [-0.1, -0.05) is 72.8 Å². The van der Waals surface area contributed by atoms with Crippen LogP contribution in [0.5, 0.6) is 0 Å². The molecule has 27 heavy (non-hydrogen) atoms. The quantitative estimate of drug-likeness (QED) is 0.625. The second-order valence-corrected chi connectivity index (χ2v) is 6.95. The maximum Gasteiger partial charge on any atom is 0.246 e. The molecule has 0 bridgehead atoms.